The number of nitro benzene ring substituents is 1. The summed E-state index contributed by atoms with van der Waals surface area (Å²) in [6.07, 6.45) is 0. The van der Waals surface area contributed by atoms with Crippen LogP contribution in [0.25, 0.3) is 0 Å². The monoisotopic (exact) mass is 424 g/mol. The molecule has 0 unspecified atom stereocenters. The van der Waals surface area contributed by atoms with Gasteiger partial charge in [-0.1, -0.05) is 6.07 Å². The molecule has 0 spiro atoms. The number of benzene rings is 2. The second-order valence-corrected chi connectivity index (χ2v) is 8.04. The SMILES string of the molecule is Cc1cc(C)c(C#N)c(Oc2cccc(NS(=O)(=O)c3ccc([N+](=O)[O-])cc3)c2)n1. The van der Waals surface area contributed by atoms with Gasteiger partial charge in [-0.25, -0.2) is 13.4 Å². The van der Waals surface area contributed by atoms with Gasteiger partial charge in [0.2, 0.25) is 5.88 Å². The van der Waals surface area contributed by atoms with Crippen LogP contribution in [0.1, 0.15) is 16.8 Å². The molecule has 0 aliphatic carbocycles. The molecule has 10 heteroatoms. The molecule has 1 aromatic heterocycles. The zero-order chi connectivity index (χ0) is 21.9. The van der Waals surface area contributed by atoms with Crippen molar-refractivity contribution in [2.75, 3.05) is 4.72 Å². The number of ether oxygens (including phenoxy) is 1. The van der Waals surface area contributed by atoms with Crippen LogP contribution in [0.2, 0.25) is 0 Å². The van der Waals surface area contributed by atoms with Gasteiger partial charge in [0.15, 0.2) is 0 Å². The number of anilines is 1. The molecule has 0 atom stereocenters. The zero-order valence-corrected chi connectivity index (χ0v) is 16.8. The Labute approximate surface area is 172 Å². The molecule has 0 amide bonds. The summed E-state index contributed by atoms with van der Waals surface area (Å²) in [6, 6.07) is 14.5. The summed E-state index contributed by atoms with van der Waals surface area (Å²) >= 11 is 0. The Morgan fingerprint density at radius 1 is 1.13 bits per heavy atom. The fourth-order valence-corrected chi connectivity index (χ4v) is 3.76. The number of nitrogens with one attached hydrogen (secondary N) is 1. The minimum Gasteiger partial charge on any atom is -0.438 e. The highest BCUT2D eigenvalue weighted by atomic mass is 32.2. The van der Waals surface area contributed by atoms with E-state index in [9.17, 15) is 23.8 Å². The van der Waals surface area contributed by atoms with Crippen molar-refractivity contribution >= 4 is 21.4 Å². The number of aryl methyl sites for hydroxylation is 2. The topological polar surface area (TPSA) is 135 Å². The number of sulfonamides is 1. The Balaban J connectivity index is 1.86. The molecule has 1 N–H and O–H groups in total. The molecule has 30 heavy (non-hydrogen) atoms. The second kappa shape index (κ2) is 8.18. The molecule has 0 aliphatic rings. The smallest absolute Gasteiger partial charge is 0.269 e. The lowest BCUT2D eigenvalue weighted by Gasteiger charge is -2.12. The summed E-state index contributed by atoms with van der Waals surface area (Å²) in [5, 5.41) is 20.1. The van der Waals surface area contributed by atoms with Gasteiger partial charge in [0.05, 0.1) is 15.5 Å². The van der Waals surface area contributed by atoms with Crippen LogP contribution in [-0.2, 0) is 10.0 Å². The molecular formula is C20H16N4O5S. The fraction of sp³-hybridized carbons (Fsp3) is 0.100. The molecule has 0 bridgehead atoms. The van der Waals surface area contributed by atoms with Gasteiger partial charge in [0, 0.05) is 23.9 Å². The molecule has 3 rings (SSSR count). The van der Waals surface area contributed by atoms with E-state index in [1.807, 2.05) is 0 Å². The van der Waals surface area contributed by atoms with E-state index < -0.39 is 14.9 Å². The summed E-state index contributed by atoms with van der Waals surface area (Å²) in [5.41, 5.74) is 1.69. The van der Waals surface area contributed by atoms with E-state index in [-0.39, 0.29) is 33.5 Å². The van der Waals surface area contributed by atoms with Crippen LogP contribution in [0.4, 0.5) is 11.4 Å². The highest BCUT2D eigenvalue weighted by molar-refractivity contribution is 7.92. The summed E-state index contributed by atoms with van der Waals surface area (Å²) in [5.74, 6) is 0.415. The number of rotatable bonds is 6. The number of nitriles is 1. The lowest BCUT2D eigenvalue weighted by atomic mass is 10.1. The minimum absolute atomic E-state index is 0.123. The van der Waals surface area contributed by atoms with Crippen molar-refractivity contribution in [3.8, 4) is 17.7 Å². The van der Waals surface area contributed by atoms with Gasteiger partial charge in [-0.3, -0.25) is 14.8 Å². The average Bonchev–Trinajstić information content (AvgIpc) is 2.67. The largest absolute Gasteiger partial charge is 0.438 e. The van der Waals surface area contributed by atoms with E-state index in [1.165, 1.54) is 12.1 Å². The predicted molar refractivity (Wildman–Crippen MR) is 109 cm³/mol. The molecule has 0 aliphatic heterocycles. The van der Waals surface area contributed by atoms with E-state index in [1.54, 1.807) is 32.0 Å². The second-order valence-electron chi connectivity index (χ2n) is 6.36. The summed E-state index contributed by atoms with van der Waals surface area (Å²) in [7, 11) is -3.97. The number of aromatic nitrogens is 1. The maximum Gasteiger partial charge on any atom is 0.269 e. The number of nitrogens with zero attached hydrogens (tertiary/aromatic N) is 3. The van der Waals surface area contributed by atoms with E-state index in [2.05, 4.69) is 15.8 Å². The molecule has 2 aromatic carbocycles. The summed E-state index contributed by atoms with van der Waals surface area (Å²) in [6.45, 7) is 3.55. The lowest BCUT2D eigenvalue weighted by Crippen LogP contribution is -2.12. The minimum atomic E-state index is -3.97. The van der Waals surface area contributed by atoms with Crippen LogP contribution >= 0.6 is 0 Å². The van der Waals surface area contributed by atoms with Gasteiger partial charge in [0.25, 0.3) is 15.7 Å². The van der Waals surface area contributed by atoms with Gasteiger partial charge < -0.3 is 4.74 Å². The van der Waals surface area contributed by atoms with Crippen molar-refractivity contribution in [3.63, 3.8) is 0 Å². The first-order valence-electron chi connectivity index (χ1n) is 8.63. The summed E-state index contributed by atoms with van der Waals surface area (Å²) < 4.78 is 33.2. The number of hydrogen-bond donors (Lipinski definition) is 1. The normalized spacial score (nSPS) is 10.8. The van der Waals surface area contributed by atoms with E-state index in [0.717, 1.165) is 29.8 Å². The van der Waals surface area contributed by atoms with Crippen molar-refractivity contribution in [2.24, 2.45) is 0 Å². The van der Waals surface area contributed by atoms with Gasteiger partial charge in [-0.2, -0.15) is 5.26 Å². The maximum atomic E-state index is 12.6. The van der Waals surface area contributed by atoms with Crippen LogP contribution in [0, 0.1) is 35.3 Å². The van der Waals surface area contributed by atoms with E-state index in [0.29, 0.717) is 5.69 Å². The molecule has 9 nitrogen and oxygen atoms in total. The Bertz CT molecular complexity index is 1270. The zero-order valence-electron chi connectivity index (χ0n) is 16.0. The first-order chi connectivity index (χ1) is 14.2. The first-order valence-corrected chi connectivity index (χ1v) is 10.1. The molecular weight excluding hydrogens is 408 g/mol. The molecule has 0 fully saturated rings. The van der Waals surface area contributed by atoms with Crippen molar-refractivity contribution in [1.29, 1.82) is 5.26 Å². The lowest BCUT2D eigenvalue weighted by molar-refractivity contribution is -0.384. The molecule has 0 saturated heterocycles. The third kappa shape index (κ3) is 4.53. The van der Waals surface area contributed by atoms with Crippen LogP contribution < -0.4 is 9.46 Å². The summed E-state index contributed by atoms with van der Waals surface area (Å²) in [4.78, 5) is 14.2. The molecule has 1 heterocycles. The first kappa shape index (κ1) is 20.8. The van der Waals surface area contributed by atoms with Gasteiger partial charge in [0.1, 0.15) is 17.4 Å². The van der Waals surface area contributed by atoms with Crippen LogP contribution in [0.5, 0.6) is 11.6 Å². The Morgan fingerprint density at radius 2 is 1.83 bits per heavy atom. The Morgan fingerprint density at radius 3 is 2.47 bits per heavy atom. The van der Waals surface area contributed by atoms with Gasteiger partial charge in [-0.05, 0) is 49.7 Å². The third-order valence-corrected chi connectivity index (χ3v) is 5.48. The number of nitro groups is 1. The predicted octanol–water partition coefficient (Wildman–Crippen LogP) is 4.07. The number of hydrogen-bond acceptors (Lipinski definition) is 7. The van der Waals surface area contributed by atoms with Crippen LogP contribution in [0.3, 0.4) is 0 Å². The Hall–Kier alpha value is -3.97. The van der Waals surface area contributed by atoms with Crippen molar-refractivity contribution < 1.29 is 18.1 Å². The molecule has 152 valence electrons. The molecule has 0 radical (unpaired) electrons. The molecule has 3 aromatic rings. The quantitative estimate of drug-likeness (QED) is 0.465. The fourth-order valence-electron chi connectivity index (χ4n) is 2.71. The highest BCUT2D eigenvalue weighted by Crippen LogP contribution is 2.28. The van der Waals surface area contributed by atoms with Crippen molar-refractivity contribution in [1.82, 2.24) is 4.98 Å². The van der Waals surface area contributed by atoms with Crippen LogP contribution in [-0.4, -0.2) is 18.3 Å². The van der Waals surface area contributed by atoms with Gasteiger partial charge in [-0.15, -0.1) is 0 Å². The van der Waals surface area contributed by atoms with E-state index >= 15 is 0 Å². The maximum absolute atomic E-state index is 12.6. The van der Waals surface area contributed by atoms with E-state index in [4.69, 9.17) is 4.74 Å². The van der Waals surface area contributed by atoms with Gasteiger partial charge >= 0.3 is 0 Å². The molecule has 0 saturated carbocycles. The average molecular weight is 424 g/mol. The standard InChI is InChI=1S/C20H16N4O5S/c1-13-10-14(2)22-20(19(13)12-21)29-17-5-3-4-15(11-17)23-30(27,28)18-8-6-16(7-9-18)24(25)26/h3-11,23H,1-2H3. The van der Waals surface area contributed by atoms with Crippen molar-refractivity contribution in [2.45, 2.75) is 18.7 Å². The Kier molecular flexibility index (Phi) is 5.66. The third-order valence-electron chi connectivity index (χ3n) is 4.08. The number of pyridine rings is 1. The highest BCUT2D eigenvalue weighted by Gasteiger charge is 2.17. The van der Waals surface area contributed by atoms with Crippen molar-refractivity contribution in [3.05, 3.63) is 81.5 Å². The van der Waals surface area contributed by atoms with Crippen LogP contribution in [0.15, 0.2) is 59.5 Å². The number of non-ortho nitro benzene ring substituents is 1.